The predicted octanol–water partition coefficient (Wildman–Crippen LogP) is 4.70. The number of benzene rings is 2. The highest BCUT2D eigenvalue weighted by atomic mass is 16.5. The van der Waals surface area contributed by atoms with Crippen LogP contribution >= 0.6 is 0 Å². The molecule has 5 nitrogen and oxygen atoms in total. The minimum absolute atomic E-state index is 0.0609. The molecule has 0 aliphatic heterocycles. The maximum atomic E-state index is 12.2. The van der Waals surface area contributed by atoms with Gasteiger partial charge in [0, 0.05) is 16.6 Å². The van der Waals surface area contributed by atoms with Crippen molar-refractivity contribution in [3.63, 3.8) is 0 Å². The van der Waals surface area contributed by atoms with Gasteiger partial charge >= 0.3 is 5.97 Å². The van der Waals surface area contributed by atoms with Crippen LogP contribution in [-0.4, -0.2) is 18.5 Å². The van der Waals surface area contributed by atoms with E-state index >= 15 is 0 Å². The average molecular weight is 379 g/mol. The van der Waals surface area contributed by atoms with Gasteiger partial charge in [0.25, 0.3) is 5.91 Å². The summed E-state index contributed by atoms with van der Waals surface area (Å²) in [5.41, 5.74) is 7.59. The third kappa shape index (κ3) is 4.09. The highest BCUT2D eigenvalue weighted by Gasteiger charge is 2.15. The van der Waals surface area contributed by atoms with Gasteiger partial charge in [-0.05, 0) is 56.9 Å². The monoisotopic (exact) mass is 379 g/mol. The molecule has 2 aromatic carbocycles. The van der Waals surface area contributed by atoms with Gasteiger partial charge in [0.2, 0.25) is 0 Å². The lowest BCUT2D eigenvalue weighted by Gasteiger charge is -2.13. The number of aryl methyl sites for hydroxylation is 5. The zero-order chi connectivity index (χ0) is 20.4. The molecule has 0 saturated heterocycles. The first kappa shape index (κ1) is 19.7. The number of rotatable bonds is 5. The topological polar surface area (TPSA) is 68.5 Å². The van der Waals surface area contributed by atoms with Gasteiger partial charge in [-0.25, -0.2) is 0 Å². The van der Waals surface area contributed by atoms with Gasteiger partial charge in [0.1, 0.15) is 5.58 Å². The van der Waals surface area contributed by atoms with E-state index in [4.69, 9.17) is 9.15 Å². The van der Waals surface area contributed by atoms with Crippen LogP contribution in [-0.2, 0) is 20.7 Å². The van der Waals surface area contributed by atoms with E-state index in [0.29, 0.717) is 0 Å². The van der Waals surface area contributed by atoms with Gasteiger partial charge in [-0.1, -0.05) is 29.8 Å². The molecule has 1 heterocycles. The van der Waals surface area contributed by atoms with Gasteiger partial charge in [-0.2, -0.15) is 0 Å². The Balaban J connectivity index is 1.61. The molecule has 0 bridgehead atoms. The molecule has 1 aromatic heterocycles. The summed E-state index contributed by atoms with van der Waals surface area (Å²) in [6.45, 7) is 9.57. The van der Waals surface area contributed by atoms with E-state index in [1.807, 2.05) is 58.9 Å². The molecule has 5 heteroatoms. The fourth-order valence-electron chi connectivity index (χ4n) is 3.43. The molecule has 0 radical (unpaired) electrons. The van der Waals surface area contributed by atoms with Gasteiger partial charge < -0.3 is 14.5 Å². The SMILES string of the molecule is Cc1cc(C)c(NC(=O)COC(=O)Cc2coc3c(C)c(C)ccc23)c(C)c1. The number of amides is 1. The van der Waals surface area contributed by atoms with Crippen LogP contribution in [0.3, 0.4) is 0 Å². The largest absolute Gasteiger partial charge is 0.464 e. The zero-order valence-electron chi connectivity index (χ0n) is 16.9. The number of carbonyl (C=O) groups excluding carboxylic acids is 2. The molecule has 0 aliphatic rings. The van der Waals surface area contributed by atoms with E-state index < -0.39 is 5.97 Å². The standard InChI is InChI=1S/C23H25NO4/c1-13-8-15(3)22(16(4)9-13)24-20(25)12-27-21(26)10-18-11-28-23-17(5)14(2)6-7-19(18)23/h6-9,11H,10,12H2,1-5H3,(H,24,25). The van der Waals surface area contributed by atoms with Gasteiger partial charge in [0.05, 0.1) is 12.7 Å². The molecule has 1 N–H and O–H groups in total. The Morgan fingerprint density at radius 1 is 1.00 bits per heavy atom. The average Bonchev–Trinajstić information content (AvgIpc) is 3.03. The number of esters is 1. The van der Waals surface area contributed by atoms with Crippen LogP contribution in [0.4, 0.5) is 5.69 Å². The predicted molar refractivity (Wildman–Crippen MR) is 110 cm³/mol. The normalized spacial score (nSPS) is 10.9. The van der Waals surface area contributed by atoms with Crippen molar-refractivity contribution < 1.29 is 18.7 Å². The maximum absolute atomic E-state index is 12.2. The Hall–Kier alpha value is -3.08. The smallest absolute Gasteiger partial charge is 0.310 e. The van der Waals surface area contributed by atoms with E-state index in [2.05, 4.69) is 5.32 Å². The third-order valence-electron chi connectivity index (χ3n) is 4.98. The summed E-state index contributed by atoms with van der Waals surface area (Å²) >= 11 is 0. The second kappa shape index (κ2) is 7.89. The molecule has 3 rings (SSSR count). The summed E-state index contributed by atoms with van der Waals surface area (Å²) in [4.78, 5) is 24.4. The molecule has 0 unspecified atom stereocenters. The minimum Gasteiger partial charge on any atom is -0.464 e. The Kier molecular flexibility index (Phi) is 5.54. The van der Waals surface area contributed by atoms with E-state index in [-0.39, 0.29) is 18.9 Å². The van der Waals surface area contributed by atoms with Crippen molar-refractivity contribution >= 4 is 28.5 Å². The number of anilines is 1. The molecule has 28 heavy (non-hydrogen) atoms. The van der Waals surface area contributed by atoms with Gasteiger partial charge in [-0.15, -0.1) is 0 Å². The molecule has 3 aromatic rings. The summed E-state index contributed by atoms with van der Waals surface area (Å²) in [5, 5.41) is 3.73. The van der Waals surface area contributed by atoms with Crippen LogP contribution in [0.2, 0.25) is 0 Å². The third-order valence-corrected chi connectivity index (χ3v) is 4.98. The number of furan rings is 1. The first-order valence-corrected chi connectivity index (χ1v) is 9.26. The van der Waals surface area contributed by atoms with Crippen molar-refractivity contribution in [2.24, 2.45) is 0 Å². The summed E-state index contributed by atoms with van der Waals surface area (Å²) < 4.78 is 10.8. The maximum Gasteiger partial charge on any atom is 0.310 e. The van der Waals surface area contributed by atoms with Crippen LogP contribution in [0.5, 0.6) is 0 Å². The quantitative estimate of drug-likeness (QED) is 0.653. The molecule has 0 saturated carbocycles. The highest BCUT2D eigenvalue weighted by Crippen LogP contribution is 2.27. The second-order valence-electron chi connectivity index (χ2n) is 7.30. The molecule has 0 atom stereocenters. The number of ether oxygens (including phenoxy) is 1. The molecule has 146 valence electrons. The molecule has 0 spiro atoms. The fraction of sp³-hybridized carbons (Fsp3) is 0.304. The lowest BCUT2D eigenvalue weighted by molar-refractivity contribution is -0.146. The van der Waals surface area contributed by atoms with Crippen LogP contribution in [0.15, 0.2) is 34.9 Å². The molecular weight excluding hydrogens is 354 g/mol. The first-order valence-electron chi connectivity index (χ1n) is 9.26. The van der Waals surface area contributed by atoms with Crippen molar-refractivity contribution in [3.8, 4) is 0 Å². The van der Waals surface area contributed by atoms with Crippen molar-refractivity contribution in [1.82, 2.24) is 0 Å². The van der Waals surface area contributed by atoms with E-state index in [9.17, 15) is 9.59 Å². The highest BCUT2D eigenvalue weighted by molar-refractivity contribution is 5.95. The number of carbonyl (C=O) groups is 2. The number of fused-ring (bicyclic) bond motifs is 1. The summed E-state index contributed by atoms with van der Waals surface area (Å²) in [6, 6.07) is 7.95. The fourth-order valence-corrected chi connectivity index (χ4v) is 3.43. The molecular formula is C23H25NO4. The number of nitrogens with one attached hydrogen (secondary N) is 1. The Bertz CT molecular complexity index is 1040. The van der Waals surface area contributed by atoms with Crippen LogP contribution < -0.4 is 5.32 Å². The van der Waals surface area contributed by atoms with E-state index in [0.717, 1.165) is 50.0 Å². The van der Waals surface area contributed by atoms with Gasteiger partial charge in [0.15, 0.2) is 6.61 Å². The van der Waals surface area contributed by atoms with E-state index in [1.54, 1.807) is 6.26 Å². The molecule has 0 fully saturated rings. The molecule has 1 amide bonds. The summed E-state index contributed by atoms with van der Waals surface area (Å²) in [6.07, 6.45) is 1.64. The molecule has 0 aliphatic carbocycles. The van der Waals surface area contributed by atoms with Crippen LogP contribution in [0, 0.1) is 34.6 Å². The number of hydrogen-bond donors (Lipinski definition) is 1. The number of hydrogen-bond acceptors (Lipinski definition) is 4. The Labute approximate surface area is 164 Å². The zero-order valence-corrected chi connectivity index (χ0v) is 16.9. The Morgan fingerprint density at radius 2 is 1.68 bits per heavy atom. The first-order chi connectivity index (χ1) is 13.3. The van der Waals surface area contributed by atoms with E-state index in [1.165, 1.54) is 0 Å². The summed E-state index contributed by atoms with van der Waals surface area (Å²) in [7, 11) is 0. The Morgan fingerprint density at radius 3 is 2.36 bits per heavy atom. The van der Waals surface area contributed by atoms with Crippen LogP contribution in [0.1, 0.15) is 33.4 Å². The summed E-state index contributed by atoms with van der Waals surface area (Å²) in [5.74, 6) is -0.819. The van der Waals surface area contributed by atoms with Crippen LogP contribution in [0.25, 0.3) is 11.0 Å². The lowest BCUT2D eigenvalue weighted by atomic mass is 10.0. The minimum atomic E-state index is -0.464. The second-order valence-corrected chi connectivity index (χ2v) is 7.30. The van der Waals surface area contributed by atoms with Crippen molar-refractivity contribution in [2.45, 2.75) is 41.0 Å². The van der Waals surface area contributed by atoms with Gasteiger partial charge in [-0.3, -0.25) is 9.59 Å². The lowest BCUT2D eigenvalue weighted by Crippen LogP contribution is -2.22. The van der Waals surface area contributed by atoms with Crippen molar-refractivity contribution in [2.75, 3.05) is 11.9 Å². The van der Waals surface area contributed by atoms with Crippen molar-refractivity contribution in [1.29, 1.82) is 0 Å². The van der Waals surface area contributed by atoms with Crippen molar-refractivity contribution in [3.05, 3.63) is 63.9 Å².